The third-order valence-electron chi connectivity index (χ3n) is 7.96. The molecule has 1 heterocycles. The van der Waals surface area contributed by atoms with Crippen LogP contribution in [0.4, 0.5) is 0 Å². The summed E-state index contributed by atoms with van der Waals surface area (Å²) in [5, 5.41) is 31.4. The van der Waals surface area contributed by atoms with Gasteiger partial charge in [0.15, 0.2) is 0 Å². The van der Waals surface area contributed by atoms with Gasteiger partial charge in [0, 0.05) is 18.1 Å². The topological polar surface area (TPSA) is 95.7 Å². The van der Waals surface area contributed by atoms with Gasteiger partial charge in [-0.05, 0) is 48.3 Å². The summed E-state index contributed by atoms with van der Waals surface area (Å²) in [7, 11) is 0. The lowest BCUT2D eigenvalue weighted by molar-refractivity contribution is 0.0496. The van der Waals surface area contributed by atoms with E-state index in [1.165, 1.54) is 49.3 Å². The second kappa shape index (κ2) is 11.1. The van der Waals surface area contributed by atoms with Gasteiger partial charge in [-0.3, -0.25) is 0 Å². The van der Waals surface area contributed by atoms with Crippen molar-refractivity contribution < 1.29 is 20.1 Å². The van der Waals surface area contributed by atoms with Crippen LogP contribution in [-0.4, -0.2) is 44.1 Å². The molecule has 5 rings (SSSR count). The Morgan fingerprint density at radius 3 is 2.67 bits per heavy atom. The Kier molecular flexibility index (Phi) is 7.73. The average Bonchev–Trinajstić information content (AvgIpc) is 2.87. The fraction of sp³-hybridized carbons (Fsp3) is 0.533. The van der Waals surface area contributed by atoms with E-state index in [0.29, 0.717) is 30.1 Å². The number of ether oxygens (including phenoxy) is 1. The SMILES string of the molecule is CCCCCCOc1cc(C2=CC3CCCCC3c3ccccc32)nc(C2C(O)C=C(O)CC2O)n1. The molecule has 6 nitrogen and oxygen atoms in total. The predicted molar refractivity (Wildman–Crippen MR) is 140 cm³/mol. The minimum Gasteiger partial charge on any atom is -0.512 e. The van der Waals surface area contributed by atoms with Gasteiger partial charge in [-0.1, -0.05) is 69.4 Å². The highest BCUT2D eigenvalue weighted by molar-refractivity contribution is 5.82. The number of fused-ring (bicyclic) bond motifs is 3. The molecule has 1 fully saturated rings. The van der Waals surface area contributed by atoms with Gasteiger partial charge in [-0.25, -0.2) is 4.98 Å². The van der Waals surface area contributed by atoms with Crippen molar-refractivity contribution in [1.29, 1.82) is 0 Å². The molecule has 1 aromatic heterocycles. The van der Waals surface area contributed by atoms with Gasteiger partial charge in [0.25, 0.3) is 0 Å². The summed E-state index contributed by atoms with van der Waals surface area (Å²) >= 11 is 0. The highest BCUT2D eigenvalue weighted by atomic mass is 16.5. The molecule has 3 N–H and O–H groups in total. The molecule has 0 saturated heterocycles. The van der Waals surface area contributed by atoms with E-state index >= 15 is 0 Å². The maximum atomic E-state index is 10.7. The molecule has 0 aliphatic heterocycles. The van der Waals surface area contributed by atoms with Crippen LogP contribution in [0, 0.1) is 5.92 Å². The molecule has 6 heteroatoms. The van der Waals surface area contributed by atoms with E-state index in [0.717, 1.165) is 30.5 Å². The van der Waals surface area contributed by atoms with Crippen molar-refractivity contribution in [3.8, 4) is 5.88 Å². The van der Waals surface area contributed by atoms with Crippen LogP contribution in [0.5, 0.6) is 5.88 Å². The van der Waals surface area contributed by atoms with Gasteiger partial charge in [0.05, 0.1) is 36.2 Å². The molecule has 5 atom stereocenters. The Bertz CT molecular complexity index is 1130. The van der Waals surface area contributed by atoms with Gasteiger partial charge in [0.1, 0.15) is 5.82 Å². The normalized spacial score (nSPS) is 27.5. The minimum atomic E-state index is -1.07. The van der Waals surface area contributed by atoms with Crippen molar-refractivity contribution >= 4 is 5.57 Å². The summed E-state index contributed by atoms with van der Waals surface area (Å²) in [4.78, 5) is 9.55. The highest BCUT2D eigenvalue weighted by Crippen LogP contribution is 2.47. The monoisotopic (exact) mass is 490 g/mol. The van der Waals surface area contributed by atoms with Crippen LogP contribution < -0.4 is 4.74 Å². The predicted octanol–water partition coefficient (Wildman–Crippen LogP) is 5.81. The Labute approximate surface area is 213 Å². The molecule has 3 aliphatic rings. The Morgan fingerprint density at radius 1 is 1.00 bits per heavy atom. The second-order valence-corrected chi connectivity index (χ2v) is 10.5. The number of hydrogen-bond acceptors (Lipinski definition) is 6. The van der Waals surface area contributed by atoms with Crippen molar-refractivity contribution in [2.75, 3.05) is 6.61 Å². The number of rotatable bonds is 8. The first-order valence-corrected chi connectivity index (χ1v) is 13.6. The highest BCUT2D eigenvalue weighted by Gasteiger charge is 2.37. The molecule has 1 aromatic carbocycles. The van der Waals surface area contributed by atoms with E-state index < -0.39 is 18.1 Å². The molecule has 192 valence electrons. The number of aliphatic hydroxyl groups is 3. The molecule has 36 heavy (non-hydrogen) atoms. The van der Waals surface area contributed by atoms with Gasteiger partial charge < -0.3 is 20.1 Å². The maximum absolute atomic E-state index is 10.7. The van der Waals surface area contributed by atoms with Crippen molar-refractivity contribution in [2.45, 2.75) is 88.8 Å². The molecular weight excluding hydrogens is 452 g/mol. The molecule has 1 saturated carbocycles. The lowest BCUT2D eigenvalue weighted by Crippen LogP contribution is -2.34. The van der Waals surface area contributed by atoms with Crippen molar-refractivity contribution in [3.63, 3.8) is 0 Å². The summed E-state index contributed by atoms with van der Waals surface area (Å²) in [5.74, 6) is 1.10. The Hall–Kier alpha value is -2.70. The first-order valence-electron chi connectivity index (χ1n) is 13.6. The summed E-state index contributed by atoms with van der Waals surface area (Å²) in [5.41, 5.74) is 4.42. The van der Waals surface area contributed by atoms with Crippen LogP contribution in [0.2, 0.25) is 0 Å². The largest absolute Gasteiger partial charge is 0.512 e. The van der Waals surface area contributed by atoms with E-state index in [9.17, 15) is 15.3 Å². The zero-order valence-corrected chi connectivity index (χ0v) is 21.1. The number of allylic oxidation sites excluding steroid dienone is 1. The van der Waals surface area contributed by atoms with Crippen LogP contribution in [-0.2, 0) is 0 Å². The van der Waals surface area contributed by atoms with Gasteiger partial charge in [-0.2, -0.15) is 4.98 Å². The van der Waals surface area contributed by atoms with Crippen LogP contribution in [0.3, 0.4) is 0 Å². The Morgan fingerprint density at radius 2 is 1.83 bits per heavy atom. The zero-order valence-electron chi connectivity index (χ0n) is 21.1. The summed E-state index contributed by atoms with van der Waals surface area (Å²) < 4.78 is 6.10. The molecule has 0 radical (unpaired) electrons. The van der Waals surface area contributed by atoms with Gasteiger partial charge in [0.2, 0.25) is 5.88 Å². The van der Waals surface area contributed by atoms with Crippen molar-refractivity contribution in [3.05, 3.63) is 70.9 Å². The van der Waals surface area contributed by atoms with Crippen molar-refractivity contribution in [2.24, 2.45) is 5.92 Å². The number of aliphatic hydroxyl groups excluding tert-OH is 3. The average molecular weight is 491 g/mol. The fourth-order valence-corrected chi connectivity index (χ4v) is 6.11. The molecule has 0 bridgehead atoms. The number of unbranched alkanes of at least 4 members (excludes halogenated alkanes) is 3. The summed E-state index contributed by atoms with van der Waals surface area (Å²) in [6.45, 7) is 2.75. The molecular formula is C30H38N2O4. The van der Waals surface area contributed by atoms with E-state index in [1.54, 1.807) is 0 Å². The summed E-state index contributed by atoms with van der Waals surface area (Å²) in [6.07, 6.45) is 11.0. The standard InChI is InChI=1S/C30H38N2O4/c1-2-3-4-9-14-36-28-18-25(31-30(32-28)29-26(34)16-20(33)17-27(29)35)24-15-19-10-5-6-11-21(19)22-12-7-8-13-23(22)24/h7-8,12-13,15-16,18-19,21,26-27,29,33-35H,2-6,9-11,14,17H2,1H3. The number of nitrogens with zero attached hydrogens (tertiary/aromatic N) is 2. The first kappa shape index (κ1) is 25.0. The minimum absolute atomic E-state index is 0.0120. The van der Waals surface area contributed by atoms with Crippen LogP contribution in [0.25, 0.3) is 5.57 Å². The maximum Gasteiger partial charge on any atom is 0.217 e. The molecule has 0 amide bonds. The first-order chi connectivity index (χ1) is 17.5. The quantitative estimate of drug-likeness (QED) is 0.405. The van der Waals surface area contributed by atoms with E-state index in [-0.39, 0.29) is 12.2 Å². The smallest absolute Gasteiger partial charge is 0.217 e. The van der Waals surface area contributed by atoms with E-state index in [1.807, 2.05) is 6.07 Å². The number of hydrogen-bond donors (Lipinski definition) is 3. The van der Waals surface area contributed by atoms with Gasteiger partial charge >= 0.3 is 0 Å². The van der Waals surface area contributed by atoms with Crippen LogP contribution in [0.1, 0.15) is 99.2 Å². The fourth-order valence-electron chi connectivity index (χ4n) is 6.11. The van der Waals surface area contributed by atoms with E-state index in [2.05, 4.69) is 42.2 Å². The zero-order chi connectivity index (χ0) is 25.1. The third kappa shape index (κ3) is 5.21. The number of benzene rings is 1. The van der Waals surface area contributed by atoms with E-state index in [4.69, 9.17) is 9.72 Å². The molecule has 5 unspecified atom stereocenters. The molecule has 3 aliphatic carbocycles. The lowest BCUT2D eigenvalue weighted by Gasteiger charge is -2.36. The summed E-state index contributed by atoms with van der Waals surface area (Å²) in [6, 6.07) is 10.5. The number of aromatic nitrogens is 2. The lowest BCUT2D eigenvalue weighted by atomic mass is 9.69. The third-order valence-corrected chi connectivity index (χ3v) is 7.96. The van der Waals surface area contributed by atoms with Gasteiger partial charge in [-0.15, -0.1) is 0 Å². The molecule has 2 aromatic rings. The van der Waals surface area contributed by atoms with Crippen LogP contribution >= 0.6 is 0 Å². The second-order valence-electron chi connectivity index (χ2n) is 10.5. The van der Waals surface area contributed by atoms with Crippen molar-refractivity contribution in [1.82, 2.24) is 9.97 Å². The molecule has 0 spiro atoms. The Balaban J connectivity index is 1.54. The van der Waals surface area contributed by atoms with Crippen LogP contribution in [0.15, 0.2) is 48.2 Å².